The third-order valence-corrected chi connectivity index (χ3v) is 3.21. The number of hydrogen-bond acceptors (Lipinski definition) is 4. The van der Waals surface area contributed by atoms with Gasteiger partial charge in [-0.2, -0.15) is 0 Å². The lowest BCUT2D eigenvalue weighted by Gasteiger charge is -2.12. The van der Waals surface area contributed by atoms with Crippen molar-refractivity contribution in [3.63, 3.8) is 0 Å². The normalized spacial score (nSPS) is 27.9. The molecule has 1 aliphatic carbocycles. The lowest BCUT2D eigenvalue weighted by atomic mass is 10.0. The van der Waals surface area contributed by atoms with E-state index in [9.17, 15) is 14.7 Å². The Morgan fingerprint density at radius 1 is 1.30 bits per heavy atom. The smallest absolute Gasteiger partial charge is 0.248 e. The Labute approximate surface area is 115 Å². The van der Waals surface area contributed by atoms with Gasteiger partial charge in [-0.1, -0.05) is 30.3 Å². The summed E-state index contributed by atoms with van der Waals surface area (Å²) in [5.74, 6) is -0.707. The van der Waals surface area contributed by atoms with Crippen molar-refractivity contribution in [2.24, 2.45) is 0 Å². The maximum absolute atomic E-state index is 11.8. The van der Waals surface area contributed by atoms with E-state index >= 15 is 0 Å². The highest BCUT2D eigenvalue weighted by molar-refractivity contribution is 6.06. The summed E-state index contributed by atoms with van der Waals surface area (Å²) in [6, 6.07) is 9.34. The summed E-state index contributed by atoms with van der Waals surface area (Å²) in [7, 11) is 0. The summed E-state index contributed by atoms with van der Waals surface area (Å²) in [6.07, 6.45) is 2.42. The lowest BCUT2D eigenvalue weighted by Crippen LogP contribution is -2.35. The molecule has 5 nitrogen and oxygen atoms in total. The van der Waals surface area contributed by atoms with Crippen molar-refractivity contribution in [2.45, 2.75) is 18.3 Å². The van der Waals surface area contributed by atoms with Gasteiger partial charge in [-0.25, -0.2) is 0 Å². The first kappa shape index (κ1) is 12.8. The van der Waals surface area contributed by atoms with Crippen molar-refractivity contribution >= 4 is 17.8 Å². The molecule has 2 N–H and O–H groups in total. The molecule has 2 aliphatic rings. The highest BCUT2D eigenvalue weighted by Crippen LogP contribution is 2.32. The Morgan fingerprint density at radius 2 is 2.05 bits per heavy atom. The van der Waals surface area contributed by atoms with Crippen LogP contribution in [0.1, 0.15) is 5.56 Å². The Balaban J connectivity index is 1.65. The zero-order valence-corrected chi connectivity index (χ0v) is 10.5. The SMILES string of the molecule is O=C(/C=C/c1ccccc1)NC1=C[C@@H](O)[C@@H]2O[C@@H]2C1=O. The fourth-order valence-corrected chi connectivity index (χ4v) is 2.11. The minimum Gasteiger partial charge on any atom is -0.386 e. The molecule has 0 saturated carbocycles. The number of fused-ring (bicyclic) bond motifs is 1. The van der Waals surface area contributed by atoms with Crippen LogP contribution in [-0.2, 0) is 14.3 Å². The molecule has 1 fully saturated rings. The number of aliphatic hydroxyl groups excluding tert-OH is 1. The molecule has 0 bridgehead atoms. The van der Waals surface area contributed by atoms with Crippen LogP contribution in [0.15, 0.2) is 48.2 Å². The molecule has 0 spiro atoms. The van der Waals surface area contributed by atoms with Gasteiger partial charge in [0, 0.05) is 6.08 Å². The second-order valence-corrected chi connectivity index (χ2v) is 4.69. The summed E-state index contributed by atoms with van der Waals surface area (Å²) in [5.41, 5.74) is 0.983. The van der Waals surface area contributed by atoms with E-state index < -0.39 is 24.2 Å². The van der Waals surface area contributed by atoms with Gasteiger partial charge in [-0.05, 0) is 17.7 Å². The molecule has 1 amide bonds. The molecule has 0 aromatic heterocycles. The van der Waals surface area contributed by atoms with Crippen LogP contribution in [0.2, 0.25) is 0 Å². The quantitative estimate of drug-likeness (QED) is 0.616. The van der Waals surface area contributed by atoms with Crippen molar-refractivity contribution in [3.8, 4) is 0 Å². The van der Waals surface area contributed by atoms with Gasteiger partial charge in [-0.3, -0.25) is 9.59 Å². The second kappa shape index (κ2) is 5.03. The van der Waals surface area contributed by atoms with E-state index in [1.165, 1.54) is 12.2 Å². The molecule has 20 heavy (non-hydrogen) atoms. The number of carbonyl (C=O) groups excluding carboxylic acids is 2. The molecule has 3 atom stereocenters. The average Bonchev–Trinajstić information content (AvgIpc) is 3.25. The van der Waals surface area contributed by atoms with Crippen LogP contribution < -0.4 is 5.32 Å². The van der Waals surface area contributed by atoms with Crippen LogP contribution in [0.3, 0.4) is 0 Å². The minimum absolute atomic E-state index is 0.0963. The maximum atomic E-state index is 11.8. The van der Waals surface area contributed by atoms with Crippen molar-refractivity contribution in [2.75, 3.05) is 0 Å². The second-order valence-electron chi connectivity index (χ2n) is 4.69. The molecule has 1 aromatic carbocycles. The first-order valence-electron chi connectivity index (χ1n) is 6.29. The molecule has 1 aromatic rings. The fraction of sp³-hybridized carbons (Fsp3) is 0.200. The van der Waals surface area contributed by atoms with E-state index in [2.05, 4.69) is 5.32 Å². The van der Waals surface area contributed by atoms with Crippen LogP contribution >= 0.6 is 0 Å². The molecule has 3 rings (SSSR count). The van der Waals surface area contributed by atoms with Crippen LogP contribution in [0.4, 0.5) is 0 Å². The Morgan fingerprint density at radius 3 is 2.80 bits per heavy atom. The van der Waals surface area contributed by atoms with Gasteiger partial charge in [0.25, 0.3) is 0 Å². The number of benzene rings is 1. The van der Waals surface area contributed by atoms with Gasteiger partial charge in [0.2, 0.25) is 11.7 Å². The van der Waals surface area contributed by atoms with Crippen LogP contribution in [0.5, 0.6) is 0 Å². The number of aliphatic hydroxyl groups is 1. The molecule has 1 aliphatic heterocycles. The first-order valence-corrected chi connectivity index (χ1v) is 6.29. The maximum Gasteiger partial charge on any atom is 0.248 e. The third kappa shape index (κ3) is 2.54. The number of ether oxygens (including phenoxy) is 1. The Kier molecular flexibility index (Phi) is 3.22. The highest BCUT2D eigenvalue weighted by atomic mass is 16.6. The molecular formula is C15H13NO4. The summed E-state index contributed by atoms with van der Waals surface area (Å²) in [6.45, 7) is 0. The molecule has 1 saturated heterocycles. The van der Waals surface area contributed by atoms with Gasteiger partial charge in [0.05, 0.1) is 5.70 Å². The van der Waals surface area contributed by atoms with Gasteiger partial charge in [0.1, 0.15) is 12.2 Å². The Hall–Kier alpha value is -2.24. The van der Waals surface area contributed by atoms with E-state index in [4.69, 9.17) is 4.74 Å². The van der Waals surface area contributed by atoms with Crippen LogP contribution in [-0.4, -0.2) is 35.1 Å². The van der Waals surface area contributed by atoms with Gasteiger partial charge < -0.3 is 15.2 Å². The minimum atomic E-state index is -0.842. The molecule has 0 radical (unpaired) electrons. The number of epoxide rings is 1. The van der Waals surface area contributed by atoms with Gasteiger partial charge in [0.15, 0.2) is 6.10 Å². The molecule has 0 unspecified atom stereocenters. The van der Waals surface area contributed by atoms with Crippen LogP contribution in [0, 0.1) is 0 Å². The molecule has 1 heterocycles. The van der Waals surface area contributed by atoms with Gasteiger partial charge in [-0.15, -0.1) is 0 Å². The lowest BCUT2D eigenvalue weighted by molar-refractivity contribution is -0.121. The monoisotopic (exact) mass is 271 g/mol. The molecular weight excluding hydrogens is 258 g/mol. The van der Waals surface area contributed by atoms with Crippen molar-refractivity contribution in [1.82, 2.24) is 5.32 Å². The van der Waals surface area contributed by atoms with E-state index in [1.807, 2.05) is 30.3 Å². The van der Waals surface area contributed by atoms with Gasteiger partial charge >= 0.3 is 0 Å². The fourth-order valence-electron chi connectivity index (χ4n) is 2.11. The highest BCUT2D eigenvalue weighted by Gasteiger charge is 2.53. The van der Waals surface area contributed by atoms with E-state index in [1.54, 1.807) is 6.08 Å². The van der Waals surface area contributed by atoms with Crippen molar-refractivity contribution in [1.29, 1.82) is 0 Å². The predicted octanol–water partition coefficient (Wildman–Crippen LogP) is 0.411. The Bertz CT molecular complexity index is 606. The van der Waals surface area contributed by atoms with Crippen molar-refractivity contribution < 1.29 is 19.4 Å². The average molecular weight is 271 g/mol. The number of hydrogen-bond donors (Lipinski definition) is 2. The molecule has 5 heteroatoms. The topological polar surface area (TPSA) is 78.9 Å². The van der Waals surface area contributed by atoms with Crippen LogP contribution in [0.25, 0.3) is 6.08 Å². The standard InChI is InChI=1S/C15H13NO4/c17-11-8-10(13(19)15-14(11)20-15)16-12(18)7-6-9-4-2-1-3-5-9/h1-8,11,14-15,17H,(H,16,18)/b7-6+/t11-,14+,15-/m1/s1. The van der Waals surface area contributed by atoms with E-state index in [0.29, 0.717) is 0 Å². The molecule has 102 valence electrons. The largest absolute Gasteiger partial charge is 0.386 e. The predicted molar refractivity (Wildman–Crippen MR) is 71.4 cm³/mol. The van der Waals surface area contributed by atoms with E-state index in [-0.39, 0.29) is 11.5 Å². The number of nitrogens with one attached hydrogen (secondary N) is 1. The van der Waals surface area contributed by atoms with Crippen molar-refractivity contribution in [3.05, 3.63) is 53.7 Å². The first-order chi connectivity index (χ1) is 9.65. The van der Waals surface area contributed by atoms with E-state index in [0.717, 1.165) is 5.56 Å². The summed E-state index contributed by atoms with van der Waals surface area (Å²) >= 11 is 0. The summed E-state index contributed by atoms with van der Waals surface area (Å²) < 4.78 is 5.02. The third-order valence-electron chi connectivity index (χ3n) is 3.21. The zero-order valence-electron chi connectivity index (χ0n) is 10.5. The zero-order chi connectivity index (χ0) is 14.1. The summed E-state index contributed by atoms with van der Waals surface area (Å²) in [4.78, 5) is 23.5. The summed E-state index contributed by atoms with van der Waals surface area (Å²) in [5, 5.41) is 12.1. The number of Topliss-reactive ketones (excluding diaryl/α,β-unsaturated/α-hetero) is 1. The number of ketones is 1. The number of carbonyl (C=O) groups is 2. The number of rotatable bonds is 3. The number of amides is 1.